The van der Waals surface area contributed by atoms with E-state index in [1.165, 1.54) is 0 Å². The highest BCUT2D eigenvalue weighted by Gasteiger charge is 2.29. The molecule has 1 N–H and O–H groups in total. The second-order valence-electron chi connectivity index (χ2n) is 5.38. The largest absolute Gasteiger partial charge is 0.481 e. The lowest BCUT2D eigenvalue weighted by Gasteiger charge is -2.16. The van der Waals surface area contributed by atoms with Gasteiger partial charge in [-0.1, -0.05) is 24.3 Å². The Morgan fingerprint density at radius 3 is 2.90 bits per heavy atom. The number of likely N-dealkylation sites (tertiary alicyclic amines) is 1. The van der Waals surface area contributed by atoms with Crippen molar-refractivity contribution in [3.63, 3.8) is 0 Å². The second-order valence-corrected chi connectivity index (χ2v) is 5.38. The molecule has 1 aromatic heterocycles. The van der Waals surface area contributed by atoms with Crippen molar-refractivity contribution >= 4 is 22.6 Å². The van der Waals surface area contributed by atoms with E-state index < -0.39 is 5.97 Å². The number of amides is 1. The summed E-state index contributed by atoms with van der Waals surface area (Å²) in [4.78, 5) is 29.3. The number of carbonyl (C=O) groups excluding carboxylic acids is 1. The molecular weight excluding hydrogens is 268 g/mol. The van der Waals surface area contributed by atoms with Gasteiger partial charge in [-0.15, -0.1) is 0 Å². The maximum absolute atomic E-state index is 12.6. The number of aliphatic carboxylic acids is 1. The highest BCUT2D eigenvalue weighted by atomic mass is 16.4. The van der Waals surface area contributed by atoms with Crippen LogP contribution < -0.4 is 0 Å². The van der Waals surface area contributed by atoms with Crippen LogP contribution in [0.2, 0.25) is 0 Å². The van der Waals surface area contributed by atoms with Crippen LogP contribution in [0.3, 0.4) is 0 Å². The van der Waals surface area contributed by atoms with Crippen LogP contribution in [0.15, 0.2) is 36.5 Å². The standard InChI is InChI=1S/C16H16N2O3/c19-14(20)9-11-6-8-18(10-11)16(21)15-13-4-2-1-3-12(13)5-7-17-15/h1-5,7,11H,6,8-10H2,(H,19,20). The van der Waals surface area contributed by atoms with Crippen LogP contribution in [-0.4, -0.2) is 40.0 Å². The zero-order valence-electron chi connectivity index (χ0n) is 11.5. The molecule has 0 saturated carbocycles. The summed E-state index contributed by atoms with van der Waals surface area (Å²) in [6.07, 6.45) is 2.50. The van der Waals surface area contributed by atoms with Crippen LogP contribution in [0.4, 0.5) is 0 Å². The van der Waals surface area contributed by atoms with Gasteiger partial charge in [-0.3, -0.25) is 14.6 Å². The van der Waals surface area contributed by atoms with Crippen molar-refractivity contribution in [1.82, 2.24) is 9.88 Å². The number of rotatable bonds is 3. The van der Waals surface area contributed by atoms with E-state index in [1.54, 1.807) is 11.1 Å². The van der Waals surface area contributed by atoms with E-state index >= 15 is 0 Å². The van der Waals surface area contributed by atoms with Gasteiger partial charge in [0.05, 0.1) is 0 Å². The van der Waals surface area contributed by atoms with Gasteiger partial charge in [-0.2, -0.15) is 0 Å². The maximum atomic E-state index is 12.6. The predicted molar refractivity (Wildman–Crippen MR) is 78.0 cm³/mol. The number of aromatic nitrogens is 1. The minimum atomic E-state index is -0.808. The molecule has 2 aromatic rings. The molecule has 108 valence electrons. The molecule has 1 fully saturated rings. The van der Waals surface area contributed by atoms with Gasteiger partial charge in [0, 0.05) is 31.1 Å². The summed E-state index contributed by atoms with van der Waals surface area (Å²) in [7, 11) is 0. The number of carboxylic acid groups (broad SMARTS) is 1. The van der Waals surface area contributed by atoms with Gasteiger partial charge in [-0.25, -0.2) is 0 Å². The molecule has 21 heavy (non-hydrogen) atoms. The predicted octanol–water partition coefficient (Wildman–Crippen LogP) is 2.17. The molecule has 1 aliphatic heterocycles. The first kappa shape index (κ1) is 13.5. The fourth-order valence-corrected chi connectivity index (χ4v) is 2.87. The van der Waals surface area contributed by atoms with Crippen LogP contribution in [0.25, 0.3) is 10.8 Å². The van der Waals surface area contributed by atoms with Gasteiger partial charge >= 0.3 is 5.97 Å². The monoisotopic (exact) mass is 284 g/mol. The van der Waals surface area contributed by atoms with Crippen molar-refractivity contribution in [1.29, 1.82) is 0 Å². The fraction of sp³-hybridized carbons (Fsp3) is 0.312. The lowest BCUT2D eigenvalue weighted by molar-refractivity contribution is -0.138. The average Bonchev–Trinajstić information content (AvgIpc) is 2.93. The average molecular weight is 284 g/mol. The van der Waals surface area contributed by atoms with E-state index in [-0.39, 0.29) is 18.2 Å². The zero-order chi connectivity index (χ0) is 14.8. The normalized spacial score (nSPS) is 18.1. The van der Waals surface area contributed by atoms with Crippen molar-refractivity contribution in [3.05, 3.63) is 42.2 Å². The molecule has 0 radical (unpaired) electrons. The van der Waals surface area contributed by atoms with Crippen molar-refractivity contribution < 1.29 is 14.7 Å². The lowest BCUT2D eigenvalue weighted by Crippen LogP contribution is -2.29. The molecule has 5 nitrogen and oxygen atoms in total. The summed E-state index contributed by atoms with van der Waals surface area (Å²) in [6, 6.07) is 9.53. The van der Waals surface area contributed by atoms with E-state index in [1.807, 2.05) is 30.3 Å². The number of hydrogen-bond donors (Lipinski definition) is 1. The molecule has 1 saturated heterocycles. The third kappa shape index (κ3) is 2.72. The summed E-state index contributed by atoms with van der Waals surface area (Å²) in [5.74, 6) is -0.876. The number of carbonyl (C=O) groups is 2. The van der Waals surface area contributed by atoms with Gasteiger partial charge in [0.1, 0.15) is 5.69 Å². The summed E-state index contributed by atoms with van der Waals surface area (Å²) >= 11 is 0. The maximum Gasteiger partial charge on any atom is 0.303 e. The minimum absolute atomic E-state index is 0.0430. The zero-order valence-corrected chi connectivity index (χ0v) is 11.5. The molecule has 1 unspecified atom stereocenters. The lowest BCUT2D eigenvalue weighted by atomic mass is 10.1. The molecule has 1 amide bonds. The smallest absolute Gasteiger partial charge is 0.303 e. The fourth-order valence-electron chi connectivity index (χ4n) is 2.87. The summed E-state index contributed by atoms with van der Waals surface area (Å²) in [5, 5.41) is 10.7. The molecule has 5 heteroatoms. The molecule has 0 spiro atoms. The quantitative estimate of drug-likeness (QED) is 0.937. The molecule has 3 rings (SSSR count). The third-order valence-electron chi connectivity index (χ3n) is 3.91. The Morgan fingerprint density at radius 1 is 1.29 bits per heavy atom. The third-order valence-corrected chi connectivity index (χ3v) is 3.91. The number of hydrogen-bond acceptors (Lipinski definition) is 3. The van der Waals surface area contributed by atoms with Gasteiger partial charge < -0.3 is 10.0 Å². The summed E-state index contributed by atoms with van der Waals surface area (Å²) in [6.45, 7) is 1.09. The van der Waals surface area contributed by atoms with Crippen molar-refractivity contribution in [2.45, 2.75) is 12.8 Å². The SMILES string of the molecule is O=C(O)CC1CCN(C(=O)c2nccc3ccccc23)C1. The highest BCUT2D eigenvalue weighted by Crippen LogP contribution is 2.23. The van der Waals surface area contributed by atoms with Crippen LogP contribution in [0.1, 0.15) is 23.3 Å². The highest BCUT2D eigenvalue weighted by molar-refractivity contribution is 6.05. The van der Waals surface area contributed by atoms with E-state index in [0.29, 0.717) is 18.8 Å². The van der Waals surface area contributed by atoms with Gasteiger partial charge in [0.25, 0.3) is 5.91 Å². The molecule has 0 bridgehead atoms. The molecule has 1 aromatic carbocycles. The Kier molecular flexibility index (Phi) is 3.56. The molecule has 0 aliphatic carbocycles. The Labute approximate surface area is 122 Å². The number of carboxylic acids is 1. The first-order valence-electron chi connectivity index (χ1n) is 7.00. The van der Waals surface area contributed by atoms with Gasteiger partial charge in [0.2, 0.25) is 0 Å². The first-order valence-corrected chi connectivity index (χ1v) is 7.00. The molecule has 1 atom stereocenters. The van der Waals surface area contributed by atoms with Crippen molar-refractivity contribution in [3.8, 4) is 0 Å². The second kappa shape index (κ2) is 5.52. The van der Waals surface area contributed by atoms with Crippen molar-refractivity contribution in [2.75, 3.05) is 13.1 Å². The van der Waals surface area contributed by atoms with Crippen LogP contribution in [-0.2, 0) is 4.79 Å². The Morgan fingerprint density at radius 2 is 2.10 bits per heavy atom. The number of benzene rings is 1. The van der Waals surface area contributed by atoms with E-state index in [2.05, 4.69) is 4.98 Å². The van der Waals surface area contributed by atoms with Crippen molar-refractivity contribution in [2.24, 2.45) is 5.92 Å². The van der Waals surface area contributed by atoms with Gasteiger partial charge in [0.15, 0.2) is 0 Å². The molecular formula is C16H16N2O3. The topological polar surface area (TPSA) is 70.5 Å². The minimum Gasteiger partial charge on any atom is -0.481 e. The Balaban J connectivity index is 1.83. The number of nitrogens with zero attached hydrogens (tertiary/aromatic N) is 2. The molecule has 2 heterocycles. The van der Waals surface area contributed by atoms with E-state index in [4.69, 9.17) is 5.11 Å². The van der Waals surface area contributed by atoms with E-state index in [9.17, 15) is 9.59 Å². The summed E-state index contributed by atoms with van der Waals surface area (Å²) in [5.41, 5.74) is 0.448. The Hall–Kier alpha value is -2.43. The number of pyridine rings is 1. The number of fused-ring (bicyclic) bond motifs is 1. The van der Waals surface area contributed by atoms with Crippen LogP contribution in [0.5, 0.6) is 0 Å². The first-order chi connectivity index (χ1) is 10.1. The molecule has 1 aliphatic rings. The van der Waals surface area contributed by atoms with E-state index in [0.717, 1.165) is 17.2 Å². The van der Waals surface area contributed by atoms with Crippen LogP contribution in [0, 0.1) is 5.92 Å². The van der Waals surface area contributed by atoms with Crippen LogP contribution >= 0.6 is 0 Å². The summed E-state index contributed by atoms with van der Waals surface area (Å²) < 4.78 is 0. The van der Waals surface area contributed by atoms with Gasteiger partial charge in [-0.05, 0) is 23.8 Å². The Bertz CT molecular complexity index is 693.